The molecule has 1 unspecified atom stereocenters. The predicted octanol–water partition coefficient (Wildman–Crippen LogP) is 4.67. The number of nitrogens with zero attached hydrogens (tertiary/aromatic N) is 1. The molecule has 0 fully saturated rings. The molecule has 8 heteroatoms. The number of halogens is 2. The summed E-state index contributed by atoms with van der Waals surface area (Å²) < 4.78 is 20.5. The number of ether oxygens (including phenoxy) is 1. The topological polar surface area (TPSA) is 79.8 Å². The van der Waals surface area contributed by atoms with Gasteiger partial charge in [0.1, 0.15) is 17.6 Å². The summed E-state index contributed by atoms with van der Waals surface area (Å²) in [5.74, 6) is -1.38. The standard InChI is InChI=1S/C23H27BrFN3O3/c1-4-5-12-31-20-11-10-17(24)13-16(20)14-26-28-23(30)21(15(2)3)27-22(29)18-8-6-7-9-19(18)25/h6-11,13-15,21H,4-5,12H2,1-3H3,(H,27,29)(H,28,30)/b26-14+. The Morgan fingerprint density at radius 3 is 2.65 bits per heavy atom. The van der Waals surface area contributed by atoms with Gasteiger partial charge < -0.3 is 10.1 Å². The predicted molar refractivity (Wildman–Crippen MR) is 123 cm³/mol. The van der Waals surface area contributed by atoms with E-state index in [1.54, 1.807) is 19.9 Å². The average molecular weight is 492 g/mol. The Labute approximate surface area is 190 Å². The molecule has 0 saturated heterocycles. The number of nitrogens with one attached hydrogen (secondary N) is 2. The van der Waals surface area contributed by atoms with Crippen molar-refractivity contribution in [1.82, 2.24) is 10.7 Å². The average Bonchev–Trinajstić information content (AvgIpc) is 2.73. The molecule has 0 bridgehead atoms. The van der Waals surface area contributed by atoms with Gasteiger partial charge in [-0.3, -0.25) is 9.59 Å². The molecule has 2 amide bonds. The van der Waals surface area contributed by atoms with Crippen molar-refractivity contribution in [1.29, 1.82) is 0 Å². The van der Waals surface area contributed by atoms with Crippen molar-refractivity contribution in [3.05, 3.63) is 63.9 Å². The molecular formula is C23H27BrFN3O3. The number of carbonyl (C=O) groups is 2. The lowest BCUT2D eigenvalue weighted by atomic mass is 10.0. The van der Waals surface area contributed by atoms with Crippen LogP contribution < -0.4 is 15.5 Å². The van der Waals surface area contributed by atoms with Crippen LogP contribution >= 0.6 is 15.9 Å². The van der Waals surface area contributed by atoms with Crippen molar-refractivity contribution in [3.8, 4) is 5.75 Å². The van der Waals surface area contributed by atoms with E-state index in [1.807, 2.05) is 18.2 Å². The molecule has 0 aromatic heterocycles. The molecule has 2 aromatic carbocycles. The number of unbranched alkanes of at least 4 members (excludes halogenated alkanes) is 1. The Hall–Kier alpha value is -2.74. The van der Waals surface area contributed by atoms with Gasteiger partial charge in [0.2, 0.25) is 0 Å². The Morgan fingerprint density at radius 1 is 1.23 bits per heavy atom. The van der Waals surface area contributed by atoms with Crippen LogP contribution in [0.25, 0.3) is 0 Å². The zero-order chi connectivity index (χ0) is 22.8. The van der Waals surface area contributed by atoms with Gasteiger partial charge in [-0.15, -0.1) is 0 Å². The van der Waals surface area contributed by atoms with Gasteiger partial charge in [0.05, 0.1) is 18.4 Å². The van der Waals surface area contributed by atoms with E-state index in [0.29, 0.717) is 17.9 Å². The Balaban J connectivity index is 2.06. The van der Waals surface area contributed by atoms with Crippen LogP contribution in [0.3, 0.4) is 0 Å². The van der Waals surface area contributed by atoms with E-state index in [4.69, 9.17) is 4.74 Å². The fourth-order valence-corrected chi connectivity index (χ4v) is 3.09. The van der Waals surface area contributed by atoms with Crippen LogP contribution in [0, 0.1) is 11.7 Å². The second-order valence-electron chi connectivity index (χ2n) is 7.29. The van der Waals surface area contributed by atoms with E-state index in [9.17, 15) is 14.0 Å². The van der Waals surface area contributed by atoms with Crippen molar-refractivity contribution in [3.63, 3.8) is 0 Å². The molecule has 2 aromatic rings. The molecule has 2 N–H and O–H groups in total. The summed E-state index contributed by atoms with van der Waals surface area (Å²) in [6, 6.07) is 10.3. The number of rotatable bonds is 10. The Morgan fingerprint density at radius 2 is 1.97 bits per heavy atom. The van der Waals surface area contributed by atoms with Gasteiger partial charge >= 0.3 is 0 Å². The van der Waals surface area contributed by atoms with Crippen LogP contribution in [0.5, 0.6) is 5.75 Å². The zero-order valence-corrected chi connectivity index (χ0v) is 19.4. The minimum absolute atomic E-state index is 0.118. The molecule has 6 nitrogen and oxygen atoms in total. The van der Waals surface area contributed by atoms with Gasteiger partial charge in [0.15, 0.2) is 0 Å². The summed E-state index contributed by atoms with van der Waals surface area (Å²) in [7, 11) is 0. The first-order chi connectivity index (χ1) is 14.8. The highest BCUT2D eigenvalue weighted by Gasteiger charge is 2.25. The third-order valence-electron chi connectivity index (χ3n) is 4.46. The first kappa shape index (κ1) is 24.5. The lowest BCUT2D eigenvalue weighted by molar-refractivity contribution is -0.123. The minimum Gasteiger partial charge on any atom is -0.493 e. The zero-order valence-electron chi connectivity index (χ0n) is 17.8. The molecule has 0 spiro atoms. The molecule has 0 heterocycles. The number of amides is 2. The first-order valence-electron chi connectivity index (χ1n) is 10.1. The van der Waals surface area contributed by atoms with E-state index < -0.39 is 23.7 Å². The van der Waals surface area contributed by atoms with Gasteiger partial charge in [0, 0.05) is 10.0 Å². The van der Waals surface area contributed by atoms with Gasteiger partial charge in [-0.25, -0.2) is 9.82 Å². The van der Waals surface area contributed by atoms with E-state index >= 15 is 0 Å². The second-order valence-corrected chi connectivity index (χ2v) is 8.21. The van der Waals surface area contributed by atoms with Gasteiger partial charge in [-0.05, 0) is 42.7 Å². The summed E-state index contributed by atoms with van der Waals surface area (Å²) in [6.45, 7) is 6.23. The monoisotopic (exact) mass is 491 g/mol. The Bertz CT molecular complexity index is 934. The van der Waals surface area contributed by atoms with Crippen molar-refractivity contribution in [2.24, 2.45) is 11.0 Å². The summed E-state index contributed by atoms with van der Waals surface area (Å²) >= 11 is 3.41. The molecule has 0 aliphatic rings. The van der Waals surface area contributed by atoms with E-state index in [0.717, 1.165) is 17.3 Å². The van der Waals surface area contributed by atoms with Gasteiger partial charge in [0.25, 0.3) is 11.8 Å². The highest BCUT2D eigenvalue weighted by molar-refractivity contribution is 9.10. The van der Waals surface area contributed by atoms with Crippen molar-refractivity contribution >= 4 is 34.0 Å². The number of benzene rings is 2. The summed E-state index contributed by atoms with van der Waals surface area (Å²) in [5, 5.41) is 6.60. The quantitative estimate of drug-likeness (QED) is 0.287. The molecule has 1 atom stereocenters. The maximum atomic E-state index is 13.9. The largest absolute Gasteiger partial charge is 0.493 e. The summed E-state index contributed by atoms with van der Waals surface area (Å²) in [4.78, 5) is 25.0. The van der Waals surface area contributed by atoms with Crippen LogP contribution in [0.1, 0.15) is 49.5 Å². The van der Waals surface area contributed by atoms with E-state index in [2.05, 4.69) is 38.7 Å². The number of hydrogen-bond acceptors (Lipinski definition) is 4. The molecule has 0 saturated carbocycles. The maximum Gasteiger partial charge on any atom is 0.262 e. The van der Waals surface area contributed by atoms with E-state index in [-0.39, 0.29) is 11.5 Å². The molecule has 2 rings (SSSR count). The lowest BCUT2D eigenvalue weighted by Gasteiger charge is -2.20. The second kappa shape index (κ2) is 12.2. The highest BCUT2D eigenvalue weighted by Crippen LogP contribution is 2.22. The van der Waals surface area contributed by atoms with Crippen molar-refractivity contribution < 1.29 is 18.7 Å². The normalized spacial score (nSPS) is 12.1. The van der Waals surface area contributed by atoms with Crippen LogP contribution in [-0.2, 0) is 4.79 Å². The van der Waals surface area contributed by atoms with Crippen LogP contribution in [0.15, 0.2) is 52.0 Å². The Kier molecular flexibility index (Phi) is 9.65. The maximum absolute atomic E-state index is 13.9. The molecule has 166 valence electrons. The third-order valence-corrected chi connectivity index (χ3v) is 4.95. The number of carbonyl (C=O) groups excluding carboxylic acids is 2. The first-order valence-corrected chi connectivity index (χ1v) is 10.9. The van der Waals surface area contributed by atoms with Crippen molar-refractivity contribution in [2.45, 2.75) is 39.7 Å². The van der Waals surface area contributed by atoms with Crippen LogP contribution in [-0.4, -0.2) is 30.7 Å². The van der Waals surface area contributed by atoms with Gasteiger partial charge in [-0.2, -0.15) is 5.10 Å². The third kappa shape index (κ3) is 7.47. The molecular weight excluding hydrogens is 465 g/mol. The molecule has 31 heavy (non-hydrogen) atoms. The fourth-order valence-electron chi connectivity index (χ4n) is 2.71. The smallest absolute Gasteiger partial charge is 0.262 e. The molecule has 0 radical (unpaired) electrons. The molecule has 0 aliphatic carbocycles. The summed E-state index contributed by atoms with van der Waals surface area (Å²) in [5.41, 5.74) is 3.03. The van der Waals surface area contributed by atoms with Crippen LogP contribution in [0.4, 0.5) is 4.39 Å². The summed E-state index contributed by atoms with van der Waals surface area (Å²) in [6.07, 6.45) is 3.44. The molecule has 0 aliphatic heterocycles. The number of hydrogen-bond donors (Lipinski definition) is 2. The van der Waals surface area contributed by atoms with Crippen LogP contribution in [0.2, 0.25) is 0 Å². The fraction of sp³-hybridized carbons (Fsp3) is 0.348. The SMILES string of the molecule is CCCCOc1ccc(Br)cc1/C=N/NC(=O)C(NC(=O)c1ccccc1F)C(C)C. The van der Waals surface area contributed by atoms with E-state index in [1.165, 1.54) is 24.4 Å². The van der Waals surface area contributed by atoms with Gasteiger partial charge in [-0.1, -0.05) is 55.3 Å². The van der Waals surface area contributed by atoms with Crippen molar-refractivity contribution in [2.75, 3.05) is 6.61 Å². The number of hydrazone groups is 1. The highest BCUT2D eigenvalue weighted by atomic mass is 79.9. The lowest BCUT2D eigenvalue weighted by Crippen LogP contribution is -2.48. The minimum atomic E-state index is -0.882.